The molecule has 3 N–H and O–H groups in total. The Morgan fingerprint density at radius 2 is 2.21 bits per heavy atom. The quantitative estimate of drug-likeness (QED) is 0.157. The van der Waals surface area contributed by atoms with Gasteiger partial charge in [0.25, 0.3) is 11.8 Å². The lowest BCUT2D eigenvalue weighted by atomic mass is 10.1. The molecule has 1 fully saturated rings. The van der Waals surface area contributed by atoms with Gasteiger partial charge in [-0.25, -0.2) is 9.29 Å². The van der Waals surface area contributed by atoms with Crippen molar-refractivity contribution in [3.63, 3.8) is 0 Å². The first-order chi connectivity index (χ1) is 13.0. The van der Waals surface area contributed by atoms with Crippen LogP contribution in [0.4, 0.5) is 5.13 Å². The molecule has 15 heteroatoms. The number of halogens is 1. The minimum atomic E-state index is -4.67. The molecule has 1 aliphatic rings. The molecule has 12 nitrogen and oxygen atoms in total. The molecule has 2 rings (SSSR count). The number of β-lactam (4-membered cyclic amide) rings is 1. The van der Waals surface area contributed by atoms with Gasteiger partial charge in [-0.3, -0.25) is 18.9 Å². The van der Waals surface area contributed by atoms with Gasteiger partial charge in [0.15, 0.2) is 10.8 Å². The van der Waals surface area contributed by atoms with E-state index in [0.717, 1.165) is 11.3 Å². The zero-order valence-electron chi connectivity index (χ0n) is 14.6. The summed E-state index contributed by atoms with van der Waals surface area (Å²) in [4.78, 5) is 44.7. The summed E-state index contributed by atoms with van der Waals surface area (Å²) in [6, 6.07) is -1.16. The lowest BCUT2D eigenvalue weighted by Gasteiger charge is -2.35. The minimum Gasteiger partial charge on any atom is -0.392 e. The van der Waals surface area contributed by atoms with E-state index in [1.165, 1.54) is 5.38 Å². The van der Waals surface area contributed by atoms with E-state index in [1.807, 2.05) is 0 Å². The number of rotatable bonds is 8. The van der Waals surface area contributed by atoms with E-state index >= 15 is 0 Å². The molecule has 0 bridgehead atoms. The van der Waals surface area contributed by atoms with E-state index in [0.29, 0.717) is 0 Å². The Labute approximate surface area is 168 Å². The molecule has 0 aliphatic carbocycles. The predicted molar refractivity (Wildman–Crippen MR) is 99.4 cm³/mol. The van der Waals surface area contributed by atoms with Crippen LogP contribution in [-0.4, -0.2) is 70.3 Å². The van der Waals surface area contributed by atoms with Crippen molar-refractivity contribution in [1.82, 2.24) is 14.6 Å². The van der Waals surface area contributed by atoms with Gasteiger partial charge < -0.3 is 15.5 Å². The summed E-state index contributed by atoms with van der Waals surface area (Å²) in [6.45, 7) is 2.92. The van der Waals surface area contributed by atoms with Crippen molar-refractivity contribution >= 4 is 61.8 Å². The molecule has 0 saturated carbocycles. The van der Waals surface area contributed by atoms with Crippen LogP contribution in [0, 0.1) is 0 Å². The largest absolute Gasteiger partial charge is 0.392 e. The fourth-order valence-corrected chi connectivity index (χ4v) is 3.36. The summed E-state index contributed by atoms with van der Waals surface area (Å²) in [5, 5.41) is 10.0. The normalized spacial score (nSPS) is 17.3. The highest BCUT2D eigenvalue weighted by atomic mass is 35.5. The van der Waals surface area contributed by atoms with Gasteiger partial charge >= 0.3 is 10.3 Å². The standard InChI is InChI=1S/C13H16ClN5O7S2/c1-6(2)26-18-10(8-5-27-13(16-8)17-9(20)3-14)11(21)15-7-4-19(12(7)22)28(23,24)25/h5-7H,3-4H2,1-2H3,(H,15,21)(H,16,17,20)(H,23,24,25). The third-order valence-electron chi connectivity index (χ3n) is 3.16. The van der Waals surface area contributed by atoms with Gasteiger partial charge in [-0.2, -0.15) is 8.42 Å². The first kappa shape index (κ1) is 22.0. The van der Waals surface area contributed by atoms with Crippen molar-refractivity contribution in [3.05, 3.63) is 11.1 Å². The first-order valence-corrected chi connectivity index (χ1v) is 10.5. The lowest BCUT2D eigenvalue weighted by Crippen LogP contribution is -2.65. The minimum absolute atomic E-state index is 0.0615. The van der Waals surface area contributed by atoms with Gasteiger partial charge in [0.05, 0.1) is 6.54 Å². The molecule has 1 aromatic heterocycles. The molecule has 1 atom stereocenters. The number of carbonyl (C=O) groups excluding carboxylic acids is 3. The zero-order valence-corrected chi connectivity index (χ0v) is 17.0. The van der Waals surface area contributed by atoms with Crippen LogP contribution in [0.2, 0.25) is 0 Å². The van der Waals surface area contributed by atoms with Crippen LogP contribution in [-0.2, 0) is 29.5 Å². The maximum Gasteiger partial charge on any atom is 0.362 e. The fourth-order valence-electron chi connectivity index (χ4n) is 1.89. The van der Waals surface area contributed by atoms with Crippen LogP contribution in [0.25, 0.3) is 0 Å². The second-order valence-corrected chi connectivity index (χ2v) is 8.15. The summed E-state index contributed by atoms with van der Waals surface area (Å²) < 4.78 is 31.0. The number of anilines is 1. The molecular formula is C13H16ClN5O7S2. The van der Waals surface area contributed by atoms with Gasteiger partial charge in [0.1, 0.15) is 23.7 Å². The highest BCUT2D eigenvalue weighted by Crippen LogP contribution is 2.18. The molecule has 3 amide bonds. The van der Waals surface area contributed by atoms with Crippen molar-refractivity contribution in [1.29, 1.82) is 0 Å². The van der Waals surface area contributed by atoms with Gasteiger partial charge in [-0.05, 0) is 13.8 Å². The van der Waals surface area contributed by atoms with Gasteiger partial charge in [0.2, 0.25) is 5.91 Å². The fraction of sp³-hybridized carbons (Fsp3) is 0.462. The lowest BCUT2D eigenvalue weighted by molar-refractivity contribution is -0.139. The third-order valence-corrected chi connectivity index (χ3v) is 5.05. The zero-order chi connectivity index (χ0) is 21.1. The number of nitrogens with zero attached hydrogens (tertiary/aromatic N) is 3. The second-order valence-electron chi connectivity index (χ2n) is 5.69. The van der Waals surface area contributed by atoms with Crippen LogP contribution in [0.15, 0.2) is 10.5 Å². The second kappa shape index (κ2) is 8.81. The third kappa shape index (κ3) is 5.37. The van der Waals surface area contributed by atoms with E-state index in [1.54, 1.807) is 13.8 Å². The van der Waals surface area contributed by atoms with Crippen molar-refractivity contribution in [3.8, 4) is 0 Å². The van der Waals surface area contributed by atoms with Crippen molar-refractivity contribution in [2.75, 3.05) is 17.7 Å². The number of hydrogen-bond acceptors (Lipinski definition) is 9. The Morgan fingerprint density at radius 1 is 1.54 bits per heavy atom. The van der Waals surface area contributed by atoms with E-state index in [4.69, 9.17) is 21.0 Å². The molecule has 1 aromatic rings. The summed E-state index contributed by atoms with van der Waals surface area (Å²) in [6.07, 6.45) is -0.364. The summed E-state index contributed by atoms with van der Waals surface area (Å²) in [7, 11) is -4.67. The van der Waals surface area contributed by atoms with Crippen LogP contribution in [0.1, 0.15) is 19.5 Å². The highest BCUT2D eigenvalue weighted by molar-refractivity contribution is 7.84. The molecule has 0 aromatic carbocycles. The van der Waals surface area contributed by atoms with Crippen LogP contribution in [0.3, 0.4) is 0 Å². The molecule has 1 unspecified atom stereocenters. The van der Waals surface area contributed by atoms with E-state index in [2.05, 4.69) is 20.8 Å². The molecule has 0 radical (unpaired) electrons. The summed E-state index contributed by atoms with van der Waals surface area (Å²) >= 11 is 6.41. The Kier molecular flexibility index (Phi) is 6.92. The van der Waals surface area contributed by atoms with Gasteiger partial charge in [0, 0.05) is 5.38 Å². The summed E-state index contributed by atoms with van der Waals surface area (Å²) in [5.74, 6) is -2.61. The van der Waals surface area contributed by atoms with Crippen molar-refractivity contribution < 1.29 is 32.2 Å². The molecule has 1 saturated heterocycles. The maximum atomic E-state index is 12.5. The van der Waals surface area contributed by atoms with Crippen LogP contribution in [0.5, 0.6) is 0 Å². The smallest absolute Gasteiger partial charge is 0.362 e. The number of oxime groups is 1. The molecule has 28 heavy (non-hydrogen) atoms. The SMILES string of the molecule is CC(C)ON=C(C(=O)NC1CN(S(=O)(=O)O)C1=O)c1csc(NC(=O)CCl)n1. The highest BCUT2D eigenvalue weighted by Gasteiger charge is 2.45. The van der Waals surface area contributed by atoms with Gasteiger partial charge in [-0.1, -0.05) is 5.16 Å². The first-order valence-electron chi connectivity index (χ1n) is 7.68. The number of nitrogens with one attached hydrogen (secondary N) is 2. The Balaban J connectivity index is 2.15. The molecular weight excluding hydrogens is 438 g/mol. The maximum absolute atomic E-state index is 12.5. The molecule has 0 spiro atoms. The summed E-state index contributed by atoms with van der Waals surface area (Å²) in [5.41, 5.74) is -0.221. The van der Waals surface area contributed by atoms with Crippen molar-refractivity contribution in [2.24, 2.45) is 5.16 Å². The number of aromatic nitrogens is 1. The predicted octanol–water partition coefficient (Wildman–Crippen LogP) is -0.421. The van der Waals surface area contributed by atoms with E-state index < -0.39 is 40.6 Å². The Hall–Kier alpha value is -2.29. The van der Waals surface area contributed by atoms with Crippen LogP contribution >= 0.6 is 22.9 Å². The Morgan fingerprint density at radius 3 is 2.75 bits per heavy atom. The van der Waals surface area contributed by atoms with Crippen molar-refractivity contribution in [2.45, 2.75) is 26.0 Å². The molecule has 2 heterocycles. The number of amides is 3. The topological polar surface area (TPSA) is 167 Å². The number of hydrogen-bond donors (Lipinski definition) is 3. The molecule has 1 aliphatic heterocycles. The average molecular weight is 454 g/mol. The molecule has 154 valence electrons. The number of alkyl halides is 1. The Bertz CT molecular complexity index is 914. The van der Waals surface area contributed by atoms with Crippen LogP contribution < -0.4 is 10.6 Å². The number of thiazole rings is 1. The monoisotopic (exact) mass is 453 g/mol. The average Bonchev–Trinajstić information content (AvgIpc) is 3.04. The van der Waals surface area contributed by atoms with E-state index in [-0.39, 0.29) is 32.8 Å². The van der Waals surface area contributed by atoms with Gasteiger partial charge in [-0.15, -0.1) is 22.9 Å². The van der Waals surface area contributed by atoms with E-state index in [9.17, 15) is 22.8 Å². The number of carbonyl (C=O) groups is 3.